The van der Waals surface area contributed by atoms with E-state index in [-0.39, 0.29) is 0 Å². The van der Waals surface area contributed by atoms with Crippen molar-refractivity contribution in [2.75, 3.05) is 13.2 Å². The van der Waals surface area contributed by atoms with Crippen LogP contribution in [0.5, 0.6) is 11.5 Å². The molecule has 1 unspecified atom stereocenters. The third-order valence-corrected chi connectivity index (χ3v) is 7.46. The van der Waals surface area contributed by atoms with Gasteiger partial charge in [-0.1, -0.05) is 56.4 Å². The van der Waals surface area contributed by atoms with E-state index in [9.17, 15) is 0 Å². The van der Waals surface area contributed by atoms with Gasteiger partial charge in [0.25, 0.3) is 0 Å². The molecule has 1 atom stereocenters. The summed E-state index contributed by atoms with van der Waals surface area (Å²) in [5.74, 6) is 3.77. The Labute approximate surface area is 166 Å². The number of ether oxygens (including phenoxy) is 2. The fourth-order valence-corrected chi connectivity index (χ4v) is 6.05. The standard InChI is InChI=1S/C26H28O2/c1-2-5-17(6-3-1)19-10-9-18-11-12-20-21-7-4-8-24-26(21)25(28-14-13-27-24)16-23(20)22(18)15-19/h4,7-8,11-12,16-17,19H,1-3,5-6,9-10,13-15H2. The van der Waals surface area contributed by atoms with Gasteiger partial charge >= 0.3 is 0 Å². The van der Waals surface area contributed by atoms with Crippen molar-refractivity contribution in [1.29, 1.82) is 0 Å². The van der Waals surface area contributed by atoms with Crippen molar-refractivity contribution < 1.29 is 9.47 Å². The minimum absolute atomic E-state index is 0.617. The van der Waals surface area contributed by atoms with Gasteiger partial charge in [0, 0.05) is 0 Å². The Kier molecular flexibility index (Phi) is 3.99. The fourth-order valence-electron chi connectivity index (χ4n) is 6.05. The highest BCUT2D eigenvalue weighted by atomic mass is 16.5. The highest BCUT2D eigenvalue weighted by Crippen LogP contribution is 2.45. The van der Waals surface area contributed by atoms with Gasteiger partial charge in [0.05, 0.1) is 5.39 Å². The molecule has 6 rings (SSSR count). The van der Waals surface area contributed by atoms with E-state index in [0.29, 0.717) is 13.2 Å². The van der Waals surface area contributed by atoms with Crippen LogP contribution in [0.15, 0.2) is 36.4 Å². The van der Waals surface area contributed by atoms with Gasteiger partial charge in [-0.2, -0.15) is 0 Å². The maximum absolute atomic E-state index is 6.14. The van der Waals surface area contributed by atoms with Gasteiger partial charge in [0.2, 0.25) is 0 Å². The molecule has 0 spiro atoms. The molecule has 1 saturated carbocycles. The molecule has 0 bridgehead atoms. The van der Waals surface area contributed by atoms with Crippen molar-refractivity contribution in [2.24, 2.45) is 11.8 Å². The Balaban J connectivity index is 1.52. The molecule has 3 aromatic carbocycles. The van der Waals surface area contributed by atoms with Gasteiger partial charge in [0.15, 0.2) is 0 Å². The topological polar surface area (TPSA) is 18.5 Å². The lowest BCUT2D eigenvalue weighted by Gasteiger charge is -2.34. The summed E-state index contributed by atoms with van der Waals surface area (Å²) in [6, 6.07) is 13.5. The Morgan fingerprint density at radius 3 is 2.46 bits per heavy atom. The van der Waals surface area contributed by atoms with Gasteiger partial charge < -0.3 is 9.47 Å². The average molecular weight is 373 g/mol. The highest BCUT2D eigenvalue weighted by molar-refractivity contribution is 6.13. The number of aryl methyl sites for hydroxylation is 1. The first-order valence-corrected chi connectivity index (χ1v) is 11.1. The minimum atomic E-state index is 0.617. The van der Waals surface area contributed by atoms with E-state index in [1.807, 2.05) is 0 Å². The maximum atomic E-state index is 6.14. The highest BCUT2D eigenvalue weighted by Gasteiger charge is 2.29. The van der Waals surface area contributed by atoms with Crippen LogP contribution in [-0.2, 0) is 12.8 Å². The molecule has 3 aliphatic rings. The molecule has 0 saturated heterocycles. The van der Waals surface area contributed by atoms with Gasteiger partial charge in [-0.25, -0.2) is 0 Å². The van der Waals surface area contributed by atoms with Gasteiger partial charge in [0.1, 0.15) is 24.7 Å². The summed E-state index contributed by atoms with van der Waals surface area (Å²) in [4.78, 5) is 0. The summed E-state index contributed by atoms with van der Waals surface area (Å²) in [5.41, 5.74) is 3.16. The quantitative estimate of drug-likeness (QED) is 0.457. The van der Waals surface area contributed by atoms with Crippen molar-refractivity contribution in [2.45, 2.75) is 51.4 Å². The molecule has 2 nitrogen and oxygen atoms in total. The van der Waals surface area contributed by atoms with Crippen molar-refractivity contribution in [1.82, 2.24) is 0 Å². The van der Waals surface area contributed by atoms with E-state index in [2.05, 4.69) is 36.4 Å². The van der Waals surface area contributed by atoms with Crippen LogP contribution in [0.4, 0.5) is 0 Å². The second-order valence-electron chi connectivity index (χ2n) is 8.95. The minimum Gasteiger partial charge on any atom is -0.489 e. The van der Waals surface area contributed by atoms with Crippen LogP contribution in [0.3, 0.4) is 0 Å². The monoisotopic (exact) mass is 372 g/mol. The summed E-state index contributed by atoms with van der Waals surface area (Å²) >= 11 is 0. The summed E-state index contributed by atoms with van der Waals surface area (Å²) in [6.45, 7) is 1.24. The first kappa shape index (κ1) is 16.7. The molecular weight excluding hydrogens is 344 g/mol. The summed E-state index contributed by atoms with van der Waals surface area (Å²) in [5, 5.41) is 5.19. The van der Waals surface area contributed by atoms with Crippen LogP contribution in [0.25, 0.3) is 21.5 Å². The predicted octanol–water partition coefficient (Wildman–Crippen LogP) is 6.45. The van der Waals surface area contributed by atoms with Crippen molar-refractivity contribution >= 4 is 21.5 Å². The van der Waals surface area contributed by atoms with E-state index in [0.717, 1.165) is 28.7 Å². The number of fused-ring (bicyclic) bond motifs is 4. The zero-order chi connectivity index (χ0) is 18.5. The SMILES string of the molecule is c1cc2c3c(cc4c5c(ccc4c3c1)CCC(C1CCCCC1)C5)OCCO2. The van der Waals surface area contributed by atoms with Gasteiger partial charge in [-0.05, 0) is 70.5 Å². The van der Waals surface area contributed by atoms with Crippen molar-refractivity contribution in [3.63, 3.8) is 0 Å². The molecule has 2 aliphatic carbocycles. The van der Waals surface area contributed by atoms with Crippen molar-refractivity contribution in [3.8, 4) is 11.5 Å². The molecule has 2 heteroatoms. The van der Waals surface area contributed by atoms with E-state index in [4.69, 9.17) is 9.47 Å². The molecule has 1 fully saturated rings. The predicted molar refractivity (Wildman–Crippen MR) is 115 cm³/mol. The zero-order valence-corrected chi connectivity index (χ0v) is 16.5. The van der Waals surface area contributed by atoms with Crippen molar-refractivity contribution in [3.05, 3.63) is 47.5 Å². The first-order chi connectivity index (χ1) is 13.9. The molecule has 28 heavy (non-hydrogen) atoms. The maximum Gasteiger partial charge on any atom is 0.131 e. The molecule has 1 aliphatic heterocycles. The van der Waals surface area contributed by atoms with E-state index >= 15 is 0 Å². The van der Waals surface area contributed by atoms with Crippen LogP contribution < -0.4 is 9.47 Å². The van der Waals surface area contributed by atoms with Crippen LogP contribution in [0.2, 0.25) is 0 Å². The molecule has 0 radical (unpaired) electrons. The molecule has 0 aromatic heterocycles. The largest absolute Gasteiger partial charge is 0.489 e. The number of benzene rings is 3. The third kappa shape index (κ3) is 2.61. The Morgan fingerprint density at radius 2 is 1.57 bits per heavy atom. The first-order valence-electron chi connectivity index (χ1n) is 11.1. The zero-order valence-electron chi connectivity index (χ0n) is 16.5. The van der Waals surface area contributed by atoms with E-state index in [1.165, 1.54) is 67.5 Å². The normalized spacial score (nSPS) is 22.4. The van der Waals surface area contributed by atoms with Crippen LogP contribution in [0, 0.1) is 11.8 Å². The number of hydrogen-bond donors (Lipinski definition) is 0. The van der Waals surface area contributed by atoms with Gasteiger partial charge in [-0.15, -0.1) is 0 Å². The van der Waals surface area contributed by atoms with E-state index < -0.39 is 0 Å². The summed E-state index contributed by atoms with van der Waals surface area (Å²) in [6.07, 6.45) is 11.1. The Hall–Kier alpha value is -2.22. The third-order valence-electron chi connectivity index (χ3n) is 7.46. The molecule has 144 valence electrons. The van der Waals surface area contributed by atoms with Crippen LogP contribution in [0.1, 0.15) is 49.7 Å². The summed E-state index contributed by atoms with van der Waals surface area (Å²) in [7, 11) is 0. The lowest BCUT2D eigenvalue weighted by molar-refractivity contribution is 0.228. The van der Waals surface area contributed by atoms with Crippen LogP contribution >= 0.6 is 0 Å². The van der Waals surface area contributed by atoms with Gasteiger partial charge in [-0.3, -0.25) is 0 Å². The number of hydrogen-bond acceptors (Lipinski definition) is 2. The van der Waals surface area contributed by atoms with Crippen LogP contribution in [-0.4, -0.2) is 13.2 Å². The molecule has 0 amide bonds. The molecule has 1 heterocycles. The summed E-state index contributed by atoms with van der Waals surface area (Å²) < 4.78 is 12.1. The lowest BCUT2D eigenvalue weighted by atomic mass is 9.71. The second kappa shape index (κ2) is 6.69. The fraction of sp³-hybridized carbons (Fsp3) is 0.462. The smallest absolute Gasteiger partial charge is 0.131 e. The molecular formula is C26H28O2. The molecule has 0 N–H and O–H groups in total. The number of rotatable bonds is 1. The Bertz CT molecular complexity index is 1050. The van der Waals surface area contributed by atoms with E-state index in [1.54, 1.807) is 11.1 Å². The average Bonchev–Trinajstić information content (AvgIpc) is 2.97. The lowest BCUT2D eigenvalue weighted by Crippen LogP contribution is -2.24. The molecule has 3 aromatic rings. The Morgan fingerprint density at radius 1 is 0.714 bits per heavy atom. The second-order valence-corrected chi connectivity index (χ2v) is 8.95.